The largest absolute Gasteiger partial charge is 0.480 e. The summed E-state index contributed by atoms with van der Waals surface area (Å²) >= 11 is 0. The van der Waals surface area contributed by atoms with E-state index in [1.165, 1.54) is 19.3 Å². The highest BCUT2D eigenvalue weighted by Crippen LogP contribution is 2.31. The van der Waals surface area contributed by atoms with Crippen molar-refractivity contribution >= 4 is 5.97 Å². The second kappa shape index (κ2) is 4.52. The van der Waals surface area contributed by atoms with Crippen molar-refractivity contribution in [2.24, 2.45) is 0 Å². The number of nitrogens with one attached hydrogen (secondary N) is 1. The molecule has 0 aromatic rings. The lowest BCUT2D eigenvalue weighted by Gasteiger charge is -2.38. The number of carbonyl (C=O) groups is 1. The summed E-state index contributed by atoms with van der Waals surface area (Å²) in [6.07, 6.45) is 9.73. The predicted molar refractivity (Wildman–Crippen MR) is 58.8 cm³/mol. The van der Waals surface area contributed by atoms with E-state index in [1.807, 2.05) is 0 Å². The van der Waals surface area contributed by atoms with Gasteiger partial charge in [0.1, 0.15) is 5.54 Å². The van der Waals surface area contributed by atoms with E-state index in [1.54, 1.807) is 0 Å². The summed E-state index contributed by atoms with van der Waals surface area (Å²) in [6, 6.07) is 0.471. The molecular weight excluding hydrogens is 190 g/mol. The summed E-state index contributed by atoms with van der Waals surface area (Å²) in [5.74, 6) is -0.628. The Hall–Kier alpha value is -0.570. The minimum atomic E-state index is -0.628. The van der Waals surface area contributed by atoms with Crippen LogP contribution < -0.4 is 5.32 Å². The first-order chi connectivity index (χ1) is 7.23. The topological polar surface area (TPSA) is 49.3 Å². The Morgan fingerprint density at radius 1 is 1.07 bits per heavy atom. The van der Waals surface area contributed by atoms with Crippen LogP contribution in [0.2, 0.25) is 0 Å². The molecule has 0 bridgehead atoms. The Labute approximate surface area is 91.2 Å². The third kappa shape index (κ3) is 2.33. The summed E-state index contributed by atoms with van der Waals surface area (Å²) in [4.78, 5) is 11.4. The van der Waals surface area contributed by atoms with E-state index >= 15 is 0 Å². The van der Waals surface area contributed by atoms with Gasteiger partial charge in [-0.05, 0) is 25.7 Å². The molecule has 15 heavy (non-hydrogen) atoms. The molecule has 2 fully saturated rings. The van der Waals surface area contributed by atoms with Gasteiger partial charge < -0.3 is 5.11 Å². The molecule has 3 nitrogen and oxygen atoms in total. The fourth-order valence-corrected chi connectivity index (χ4v) is 2.70. The van der Waals surface area contributed by atoms with E-state index < -0.39 is 11.5 Å². The van der Waals surface area contributed by atoms with Gasteiger partial charge in [0.25, 0.3) is 0 Å². The van der Waals surface area contributed by atoms with Crippen molar-refractivity contribution < 1.29 is 9.90 Å². The average molecular weight is 211 g/mol. The van der Waals surface area contributed by atoms with Crippen molar-refractivity contribution in [2.45, 2.75) is 69.4 Å². The molecule has 2 aliphatic rings. The van der Waals surface area contributed by atoms with Crippen LogP contribution in [0.5, 0.6) is 0 Å². The van der Waals surface area contributed by atoms with Gasteiger partial charge in [-0.2, -0.15) is 0 Å². The van der Waals surface area contributed by atoms with Gasteiger partial charge >= 0.3 is 5.97 Å². The zero-order valence-electron chi connectivity index (χ0n) is 9.30. The second-order valence-electron chi connectivity index (χ2n) is 5.07. The van der Waals surface area contributed by atoms with Crippen LogP contribution in [0.25, 0.3) is 0 Å². The Morgan fingerprint density at radius 3 is 2.07 bits per heavy atom. The molecule has 0 spiro atoms. The standard InChI is InChI=1S/C12H21NO2/c14-11(15)12(13-10-6-5-7-10)8-3-1-2-4-9-12/h10,13H,1-9H2,(H,14,15). The van der Waals surface area contributed by atoms with Crippen molar-refractivity contribution in [1.82, 2.24) is 5.32 Å². The highest BCUT2D eigenvalue weighted by atomic mass is 16.4. The van der Waals surface area contributed by atoms with Crippen molar-refractivity contribution in [3.8, 4) is 0 Å². The number of aliphatic carboxylic acids is 1. The fourth-order valence-electron chi connectivity index (χ4n) is 2.70. The summed E-state index contributed by atoms with van der Waals surface area (Å²) in [5, 5.41) is 12.8. The van der Waals surface area contributed by atoms with E-state index in [-0.39, 0.29) is 0 Å². The van der Waals surface area contributed by atoms with Crippen LogP contribution in [0.1, 0.15) is 57.8 Å². The molecule has 0 amide bonds. The molecule has 2 rings (SSSR count). The fraction of sp³-hybridized carbons (Fsp3) is 0.917. The van der Waals surface area contributed by atoms with Gasteiger partial charge in [-0.15, -0.1) is 0 Å². The number of hydrogen-bond donors (Lipinski definition) is 2. The second-order valence-corrected chi connectivity index (χ2v) is 5.07. The Kier molecular flexibility index (Phi) is 3.29. The first kappa shape index (κ1) is 10.9. The third-order valence-electron chi connectivity index (χ3n) is 3.95. The first-order valence-electron chi connectivity index (χ1n) is 6.24. The van der Waals surface area contributed by atoms with Crippen molar-refractivity contribution in [3.63, 3.8) is 0 Å². The van der Waals surface area contributed by atoms with Crippen LogP contribution in [0.4, 0.5) is 0 Å². The van der Waals surface area contributed by atoms with Gasteiger partial charge in [0.2, 0.25) is 0 Å². The minimum Gasteiger partial charge on any atom is -0.480 e. The van der Waals surface area contributed by atoms with Gasteiger partial charge in [-0.1, -0.05) is 32.1 Å². The summed E-state index contributed by atoms with van der Waals surface area (Å²) in [7, 11) is 0. The highest BCUT2D eigenvalue weighted by Gasteiger charge is 2.40. The van der Waals surface area contributed by atoms with E-state index in [0.717, 1.165) is 38.5 Å². The van der Waals surface area contributed by atoms with Gasteiger partial charge in [-0.3, -0.25) is 10.1 Å². The van der Waals surface area contributed by atoms with E-state index in [4.69, 9.17) is 0 Å². The molecule has 86 valence electrons. The molecule has 0 saturated heterocycles. The monoisotopic (exact) mass is 211 g/mol. The normalized spacial score (nSPS) is 26.7. The van der Waals surface area contributed by atoms with E-state index in [9.17, 15) is 9.90 Å². The predicted octanol–water partition coefficient (Wildman–Crippen LogP) is 2.31. The zero-order chi connectivity index (χ0) is 10.7. The molecule has 0 atom stereocenters. The number of carboxylic acids is 1. The van der Waals surface area contributed by atoms with Crippen LogP contribution in [0.3, 0.4) is 0 Å². The molecule has 0 aromatic carbocycles. The highest BCUT2D eigenvalue weighted by molar-refractivity contribution is 5.78. The van der Waals surface area contributed by atoms with Gasteiger partial charge in [-0.25, -0.2) is 0 Å². The molecule has 2 saturated carbocycles. The molecule has 0 aliphatic heterocycles. The van der Waals surface area contributed by atoms with Crippen LogP contribution in [0, 0.1) is 0 Å². The van der Waals surface area contributed by atoms with Crippen LogP contribution in [-0.2, 0) is 4.79 Å². The third-order valence-corrected chi connectivity index (χ3v) is 3.95. The minimum absolute atomic E-state index is 0.471. The Morgan fingerprint density at radius 2 is 1.67 bits per heavy atom. The maximum Gasteiger partial charge on any atom is 0.323 e. The molecule has 0 aromatic heterocycles. The number of rotatable bonds is 3. The molecule has 0 heterocycles. The number of hydrogen-bond acceptors (Lipinski definition) is 2. The van der Waals surface area contributed by atoms with Gasteiger partial charge in [0.05, 0.1) is 0 Å². The maximum atomic E-state index is 11.4. The first-order valence-corrected chi connectivity index (χ1v) is 6.24. The van der Waals surface area contributed by atoms with Crippen LogP contribution in [-0.4, -0.2) is 22.7 Å². The molecule has 2 N–H and O–H groups in total. The SMILES string of the molecule is O=C(O)C1(NC2CCC2)CCCCCC1. The lowest BCUT2D eigenvalue weighted by atomic mass is 9.84. The molecular formula is C12H21NO2. The Bertz CT molecular complexity index is 228. The van der Waals surface area contributed by atoms with Crippen molar-refractivity contribution in [3.05, 3.63) is 0 Å². The van der Waals surface area contributed by atoms with Crippen molar-refractivity contribution in [2.75, 3.05) is 0 Å². The quantitative estimate of drug-likeness (QED) is 0.704. The zero-order valence-corrected chi connectivity index (χ0v) is 9.30. The van der Waals surface area contributed by atoms with Crippen LogP contribution in [0.15, 0.2) is 0 Å². The Balaban J connectivity index is 2.02. The maximum absolute atomic E-state index is 11.4. The van der Waals surface area contributed by atoms with Crippen LogP contribution >= 0.6 is 0 Å². The van der Waals surface area contributed by atoms with E-state index in [0.29, 0.717) is 6.04 Å². The summed E-state index contributed by atoms with van der Waals surface area (Å²) in [6.45, 7) is 0. The molecule has 2 aliphatic carbocycles. The molecule has 3 heteroatoms. The lowest BCUT2D eigenvalue weighted by molar-refractivity contribution is -0.146. The average Bonchev–Trinajstić information content (AvgIpc) is 2.37. The van der Waals surface area contributed by atoms with Gasteiger partial charge in [0.15, 0.2) is 0 Å². The van der Waals surface area contributed by atoms with E-state index in [2.05, 4.69) is 5.32 Å². The molecule has 0 unspecified atom stereocenters. The van der Waals surface area contributed by atoms with Crippen molar-refractivity contribution in [1.29, 1.82) is 0 Å². The summed E-state index contributed by atoms with van der Waals surface area (Å²) < 4.78 is 0. The molecule has 0 radical (unpaired) electrons. The van der Waals surface area contributed by atoms with Gasteiger partial charge in [0, 0.05) is 6.04 Å². The number of carboxylic acid groups (broad SMARTS) is 1. The summed E-state index contributed by atoms with van der Waals surface area (Å²) in [5.41, 5.74) is -0.596. The lowest BCUT2D eigenvalue weighted by Crippen LogP contribution is -2.57. The smallest absolute Gasteiger partial charge is 0.323 e.